The number of hydrogen-bond donors (Lipinski definition) is 1. The van der Waals surface area contributed by atoms with Crippen LogP contribution in [0.3, 0.4) is 0 Å². The van der Waals surface area contributed by atoms with E-state index in [4.69, 9.17) is 9.47 Å². The maximum absolute atomic E-state index is 13.3. The van der Waals surface area contributed by atoms with Crippen LogP contribution >= 0.6 is 0 Å². The Balaban J connectivity index is 1.79. The van der Waals surface area contributed by atoms with Gasteiger partial charge >= 0.3 is 18.1 Å². The molecule has 36 heavy (non-hydrogen) atoms. The lowest BCUT2D eigenvalue weighted by molar-refractivity contribution is -0.225. The lowest BCUT2D eigenvalue weighted by Gasteiger charge is -2.61. The van der Waals surface area contributed by atoms with Crippen LogP contribution in [0.4, 0.5) is 13.2 Å². The van der Waals surface area contributed by atoms with Crippen LogP contribution in [0.15, 0.2) is 23.8 Å². The molecule has 0 aliphatic heterocycles. The van der Waals surface area contributed by atoms with Crippen molar-refractivity contribution in [3.63, 3.8) is 0 Å². The van der Waals surface area contributed by atoms with Gasteiger partial charge in [0.1, 0.15) is 11.7 Å². The van der Waals surface area contributed by atoms with Gasteiger partial charge in [0.25, 0.3) is 0 Å². The highest BCUT2D eigenvalue weighted by Crippen LogP contribution is 2.68. The van der Waals surface area contributed by atoms with Crippen LogP contribution < -0.4 is 0 Å². The van der Waals surface area contributed by atoms with Crippen molar-refractivity contribution in [2.24, 2.45) is 34.5 Å². The molecule has 0 saturated heterocycles. The average molecular weight is 513 g/mol. The number of ketones is 2. The fourth-order valence-electron chi connectivity index (χ4n) is 7.78. The number of hydrogen-bond acceptors (Lipinski definition) is 7. The molecule has 8 atom stereocenters. The summed E-state index contributed by atoms with van der Waals surface area (Å²) in [6, 6.07) is 0. The SMILES string of the molecule is CC(=O)OCC(=O)[C@@]1(O)CC[C@H]2[C@@H]3C[C@H](C)C4=CC(=O)C=C[C@]4(C)[C@H]3[C@@H](OC(=O)C(F)(F)F)C[C@@]21C. The van der Waals surface area contributed by atoms with E-state index in [-0.39, 0.29) is 36.4 Å². The second-order valence-corrected chi connectivity index (χ2v) is 11.2. The summed E-state index contributed by atoms with van der Waals surface area (Å²) in [5.41, 5.74) is -3.23. The van der Waals surface area contributed by atoms with E-state index in [0.29, 0.717) is 12.8 Å². The molecule has 0 amide bonds. The van der Waals surface area contributed by atoms with Crippen LogP contribution in [0, 0.1) is 34.5 Å². The number of esters is 2. The first-order valence-corrected chi connectivity index (χ1v) is 12.2. The summed E-state index contributed by atoms with van der Waals surface area (Å²) >= 11 is 0. The van der Waals surface area contributed by atoms with E-state index in [1.807, 2.05) is 13.8 Å². The van der Waals surface area contributed by atoms with E-state index in [9.17, 15) is 37.5 Å². The van der Waals surface area contributed by atoms with E-state index >= 15 is 0 Å². The predicted molar refractivity (Wildman–Crippen MR) is 119 cm³/mol. The molecule has 7 nitrogen and oxygen atoms in total. The molecule has 0 heterocycles. The molecule has 0 aromatic rings. The van der Waals surface area contributed by atoms with Gasteiger partial charge < -0.3 is 14.6 Å². The molecule has 0 bridgehead atoms. The van der Waals surface area contributed by atoms with Crippen LogP contribution in [-0.2, 0) is 28.7 Å². The molecule has 10 heteroatoms. The molecule has 198 valence electrons. The minimum atomic E-state index is -5.22. The molecule has 4 aliphatic rings. The number of halogens is 3. The molecule has 3 saturated carbocycles. The third kappa shape index (κ3) is 3.92. The van der Waals surface area contributed by atoms with Crippen LogP contribution in [0.2, 0.25) is 0 Å². The van der Waals surface area contributed by atoms with Crippen molar-refractivity contribution in [1.82, 2.24) is 0 Å². The van der Waals surface area contributed by atoms with Gasteiger partial charge in [-0.15, -0.1) is 0 Å². The number of aliphatic hydroxyl groups is 1. The first kappa shape index (κ1) is 26.6. The van der Waals surface area contributed by atoms with Gasteiger partial charge in [-0.25, -0.2) is 4.79 Å². The molecular formula is C26H31F3O7. The molecule has 3 fully saturated rings. The first-order chi connectivity index (χ1) is 16.5. The molecule has 4 rings (SSSR count). The Morgan fingerprint density at radius 3 is 2.50 bits per heavy atom. The summed E-state index contributed by atoms with van der Waals surface area (Å²) in [5.74, 6) is -5.17. The van der Waals surface area contributed by atoms with Crippen molar-refractivity contribution in [1.29, 1.82) is 0 Å². The highest BCUT2D eigenvalue weighted by Gasteiger charge is 2.69. The quantitative estimate of drug-likeness (QED) is 0.575. The summed E-state index contributed by atoms with van der Waals surface area (Å²) in [7, 11) is 0. The van der Waals surface area contributed by atoms with Gasteiger partial charge in [-0.3, -0.25) is 14.4 Å². The fraction of sp³-hybridized carbons (Fsp3) is 0.692. The van der Waals surface area contributed by atoms with Gasteiger partial charge in [-0.2, -0.15) is 13.2 Å². The minimum absolute atomic E-state index is 0.0551. The van der Waals surface area contributed by atoms with Gasteiger partial charge in [-0.05, 0) is 55.6 Å². The molecule has 0 aromatic heterocycles. The van der Waals surface area contributed by atoms with Crippen molar-refractivity contribution in [3.05, 3.63) is 23.8 Å². The number of Topliss-reactive ketones (excluding diaryl/α,β-unsaturated/α-hetero) is 1. The molecule has 0 aromatic carbocycles. The zero-order valence-electron chi connectivity index (χ0n) is 20.7. The molecule has 0 radical (unpaired) electrons. The third-order valence-electron chi connectivity index (χ3n) is 9.30. The number of carbonyl (C=O) groups excluding carboxylic acids is 4. The van der Waals surface area contributed by atoms with E-state index in [1.165, 1.54) is 12.2 Å². The monoisotopic (exact) mass is 512 g/mol. The Labute approximate surface area is 207 Å². The number of ether oxygens (including phenoxy) is 2. The average Bonchev–Trinajstić information content (AvgIpc) is 3.04. The summed E-state index contributed by atoms with van der Waals surface area (Å²) in [6.07, 6.45) is -1.07. The van der Waals surface area contributed by atoms with E-state index in [1.54, 1.807) is 13.0 Å². The normalized spacial score (nSPS) is 41.5. The van der Waals surface area contributed by atoms with Gasteiger partial charge in [0, 0.05) is 23.7 Å². The van der Waals surface area contributed by atoms with Crippen LogP contribution in [0.1, 0.15) is 53.4 Å². The Hall–Kier alpha value is -2.49. The highest BCUT2D eigenvalue weighted by molar-refractivity contribution is 6.01. The predicted octanol–water partition coefficient (Wildman–Crippen LogP) is 3.49. The van der Waals surface area contributed by atoms with E-state index < -0.39 is 59.0 Å². The van der Waals surface area contributed by atoms with Gasteiger partial charge in [0.05, 0.1) is 0 Å². The molecular weight excluding hydrogens is 481 g/mol. The smallest absolute Gasteiger partial charge is 0.458 e. The largest absolute Gasteiger partial charge is 0.490 e. The van der Waals surface area contributed by atoms with Gasteiger partial charge in [-0.1, -0.05) is 32.4 Å². The second-order valence-electron chi connectivity index (χ2n) is 11.2. The topological polar surface area (TPSA) is 107 Å². The van der Waals surface area contributed by atoms with Crippen molar-refractivity contribution in [2.45, 2.75) is 71.3 Å². The van der Waals surface area contributed by atoms with Crippen molar-refractivity contribution >= 4 is 23.5 Å². The van der Waals surface area contributed by atoms with Crippen LogP contribution in [0.5, 0.6) is 0 Å². The highest BCUT2D eigenvalue weighted by atomic mass is 19.4. The van der Waals surface area contributed by atoms with Gasteiger partial charge in [0.2, 0.25) is 5.78 Å². The summed E-state index contributed by atoms with van der Waals surface area (Å²) in [5, 5.41) is 11.7. The number of fused-ring (bicyclic) bond motifs is 5. The second kappa shape index (κ2) is 8.53. The van der Waals surface area contributed by atoms with E-state index in [2.05, 4.69) is 0 Å². The summed E-state index contributed by atoms with van der Waals surface area (Å²) in [4.78, 5) is 48.5. The maximum Gasteiger partial charge on any atom is 0.490 e. The molecule has 1 N–H and O–H groups in total. The van der Waals surface area contributed by atoms with Crippen molar-refractivity contribution < 1.29 is 46.9 Å². The maximum atomic E-state index is 13.3. The van der Waals surface area contributed by atoms with Crippen molar-refractivity contribution in [2.75, 3.05) is 6.61 Å². The number of carbonyl (C=O) groups is 4. The van der Waals surface area contributed by atoms with Crippen LogP contribution in [-0.4, -0.2) is 53.1 Å². The van der Waals surface area contributed by atoms with Crippen molar-refractivity contribution in [3.8, 4) is 0 Å². The lowest BCUT2D eigenvalue weighted by atomic mass is 9.44. The van der Waals surface area contributed by atoms with Gasteiger partial charge in [0.15, 0.2) is 12.4 Å². The molecule has 4 aliphatic carbocycles. The summed E-state index contributed by atoms with van der Waals surface area (Å²) < 4.78 is 49.8. The Kier molecular flexibility index (Phi) is 6.30. The summed E-state index contributed by atoms with van der Waals surface area (Å²) in [6.45, 7) is 5.92. The molecule has 0 spiro atoms. The Morgan fingerprint density at radius 2 is 1.89 bits per heavy atom. The van der Waals surface area contributed by atoms with E-state index in [0.717, 1.165) is 12.5 Å². The van der Waals surface area contributed by atoms with Crippen LogP contribution in [0.25, 0.3) is 0 Å². The lowest BCUT2D eigenvalue weighted by Crippen LogP contribution is -2.63. The number of rotatable bonds is 4. The first-order valence-electron chi connectivity index (χ1n) is 12.2. The zero-order chi connectivity index (χ0) is 26.8. The number of alkyl halides is 3. The third-order valence-corrected chi connectivity index (χ3v) is 9.30. The number of allylic oxidation sites excluding steroid dienone is 4. The fourth-order valence-corrected chi connectivity index (χ4v) is 7.78. The standard InChI is InChI=1S/C26H31F3O7/c1-13-9-16-17-6-8-25(34,20(32)12-35-14(2)30)24(17,4)11-19(36-22(33)26(27,28)29)21(16)23(3)7-5-15(31)10-18(13)23/h5,7,10,13,16-17,19,21,34H,6,8-9,11-12H2,1-4H3/t13-,16-,17-,19-,21+,23-,24-,25-/m0/s1. The zero-order valence-corrected chi connectivity index (χ0v) is 20.7. The molecule has 0 unspecified atom stereocenters. The minimum Gasteiger partial charge on any atom is -0.458 e. The Bertz CT molecular complexity index is 1060. The Morgan fingerprint density at radius 1 is 1.22 bits per heavy atom.